The molecule has 0 atom stereocenters. The van der Waals surface area contributed by atoms with Gasteiger partial charge >= 0.3 is 118 Å². The summed E-state index contributed by atoms with van der Waals surface area (Å²) in [4.78, 5) is 45.2. The average Bonchev–Trinajstić information content (AvgIpc) is 2.69. The van der Waals surface area contributed by atoms with Crippen molar-refractivity contribution in [3.05, 3.63) is 59.7 Å². The van der Waals surface area contributed by atoms with Crippen molar-refractivity contribution < 1.29 is 158 Å². The van der Waals surface area contributed by atoms with Gasteiger partial charge in [-0.15, -0.1) is 0 Å². The molecule has 0 aliphatic rings. The molecule has 12 heteroatoms. The molecule has 0 spiro atoms. The van der Waals surface area contributed by atoms with Crippen LogP contribution in [0, 0.1) is 11.8 Å². The van der Waals surface area contributed by atoms with E-state index in [9.17, 15) is 39.6 Å². The fraction of sp³-hybridized carbons (Fsp3) is 0.182. The third-order valence-corrected chi connectivity index (χ3v) is 5.11. The summed E-state index contributed by atoms with van der Waals surface area (Å²) in [6.07, 6.45) is -0.841. The van der Waals surface area contributed by atoms with E-state index < -0.39 is 48.6 Å². The number of carbonyl (C=O) groups excluding carboxylic acids is 4. The molecule has 3 aromatic carbocycles. The smallest absolute Gasteiger partial charge is 0.549 e. The first-order valence-electron chi connectivity index (χ1n) is 8.97. The Bertz CT molecular complexity index is 1020. The van der Waals surface area contributed by atoms with Crippen LogP contribution >= 0.6 is 0 Å². The van der Waals surface area contributed by atoms with Gasteiger partial charge in [0.15, 0.2) is 0 Å². The predicted octanol–water partition coefficient (Wildman–Crippen LogP) is -14.7. The number of carbonyl (C=O) groups is 4. The van der Waals surface area contributed by atoms with Crippen molar-refractivity contribution in [1.29, 1.82) is 0 Å². The fourth-order valence-electron chi connectivity index (χ4n) is 3.68. The Morgan fingerprint density at radius 1 is 0.500 bits per heavy atom. The van der Waals surface area contributed by atoms with Crippen molar-refractivity contribution in [1.82, 2.24) is 0 Å². The summed E-state index contributed by atoms with van der Waals surface area (Å²) in [6.45, 7) is 0. The zero-order valence-corrected chi connectivity index (χ0v) is 27.5. The topological polar surface area (TPSA) is 161 Å². The quantitative estimate of drug-likeness (QED) is 0.168. The van der Waals surface area contributed by atoms with Crippen molar-refractivity contribution >= 4 is 45.4 Å². The van der Waals surface area contributed by atoms with Crippen LogP contribution in [0.1, 0.15) is 11.1 Å². The summed E-state index contributed by atoms with van der Waals surface area (Å²) in [5, 5.41) is 47.1. The molecule has 0 aliphatic heterocycles. The number of carboxylic acid groups (broad SMARTS) is 4. The molecule has 0 bridgehead atoms. The Kier molecular flexibility index (Phi) is 17.1. The maximum atomic E-state index is 11.3. The van der Waals surface area contributed by atoms with Crippen LogP contribution in [0.15, 0.2) is 48.5 Å². The van der Waals surface area contributed by atoms with Gasteiger partial charge in [-0.1, -0.05) is 48.5 Å². The second-order valence-electron chi connectivity index (χ2n) is 6.84. The molecule has 0 aliphatic carbocycles. The summed E-state index contributed by atoms with van der Waals surface area (Å²) in [5.41, 5.74) is 0.781. The Balaban J connectivity index is 0. The van der Waals surface area contributed by atoms with E-state index in [1.165, 1.54) is 0 Å². The molecular formula is C22H14Na4O8. The van der Waals surface area contributed by atoms with E-state index in [0.717, 1.165) is 0 Å². The summed E-state index contributed by atoms with van der Waals surface area (Å²) in [6, 6.07) is 13.1. The second kappa shape index (κ2) is 16.0. The zero-order chi connectivity index (χ0) is 22.0. The van der Waals surface area contributed by atoms with Gasteiger partial charge in [0.1, 0.15) is 0 Å². The van der Waals surface area contributed by atoms with Crippen LogP contribution < -0.4 is 139 Å². The van der Waals surface area contributed by atoms with E-state index in [1.807, 2.05) is 0 Å². The van der Waals surface area contributed by atoms with Crippen molar-refractivity contribution in [2.45, 2.75) is 12.8 Å². The molecule has 34 heavy (non-hydrogen) atoms. The minimum absolute atomic E-state index is 0. The number of hydrogen-bond donors (Lipinski definition) is 0. The fourth-order valence-corrected chi connectivity index (χ4v) is 3.68. The van der Waals surface area contributed by atoms with Gasteiger partial charge in [0.05, 0.1) is 23.9 Å². The van der Waals surface area contributed by atoms with Crippen molar-refractivity contribution in [3.63, 3.8) is 0 Å². The van der Waals surface area contributed by atoms with E-state index in [4.69, 9.17) is 0 Å². The molecule has 0 aromatic heterocycles. The van der Waals surface area contributed by atoms with E-state index in [0.29, 0.717) is 32.7 Å². The van der Waals surface area contributed by atoms with Gasteiger partial charge in [0.2, 0.25) is 0 Å². The van der Waals surface area contributed by atoms with Gasteiger partial charge in [-0.25, -0.2) is 0 Å². The minimum atomic E-state index is -1.90. The molecule has 3 rings (SSSR count). The molecule has 0 amide bonds. The number of fused-ring (bicyclic) bond motifs is 2. The van der Waals surface area contributed by atoms with Crippen LogP contribution in [0.2, 0.25) is 0 Å². The van der Waals surface area contributed by atoms with Gasteiger partial charge in [-0.2, -0.15) is 0 Å². The molecule has 8 nitrogen and oxygen atoms in total. The Labute approximate surface area is 283 Å². The average molecular weight is 498 g/mol. The molecule has 0 fully saturated rings. The second-order valence-corrected chi connectivity index (χ2v) is 6.84. The molecule has 0 heterocycles. The Morgan fingerprint density at radius 3 is 0.882 bits per heavy atom. The van der Waals surface area contributed by atoms with E-state index in [2.05, 4.69) is 0 Å². The zero-order valence-electron chi connectivity index (χ0n) is 19.5. The molecule has 0 radical (unpaired) electrons. The van der Waals surface area contributed by atoms with Gasteiger partial charge in [-0.3, -0.25) is 0 Å². The van der Waals surface area contributed by atoms with Gasteiger partial charge < -0.3 is 39.6 Å². The standard InChI is InChI=1S/C22H18O8.4Na/c23-19(24)17(20(25)26)9-15-11-5-1-2-6-12(11)16(10-18(21(27)28)22(29)30)14-8-4-3-7-13(14)15;;;;/h1-8,17-18H,9-10H2,(H,23,24)(H,25,26)(H,27,28)(H,29,30);;;;/q;4*+1/p-4. The van der Waals surface area contributed by atoms with E-state index in [1.54, 1.807) is 48.5 Å². The van der Waals surface area contributed by atoms with Crippen LogP contribution in [0.3, 0.4) is 0 Å². The normalized spacial score (nSPS) is 9.94. The Morgan fingerprint density at radius 2 is 0.706 bits per heavy atom. The van der Waals surface area contributed by atoms with E-state index in [-0.39, 0.29) is 118 Å². The number of rotatable bonds is 8. The number of carboxylic acids is 4. The van der Waals surface area contributed by atoms with Crippen molar-refractivity contribution in [2.75, 3.05) is 0 Å². The third kappa shape index (κ3) is 8.03. The first-order chi connectivity index (χ1) is 14.2. The van der Waals surface area contributed by atoms with Crippen LogP contribution in [0.25, 0.3) is 21.5 Å². The first-order valence-corrected chi connectivity index (χ1v) is 8.97. The van der Waals surface area contributed by atoms with Crippen LogP contribution in [0.5, 0.6) is 0 Å². The molecular weight excluding hydrogens is 484 g/mol. The van der Waals surface area contributed by atoms with Gasteiger partial charge in [-0.05, 0) is 45.5 Å². The number of benzene rings is 3. The summed E-state index contributed by atoms with van der Waals surface area (Å²) < 4.78 is 0. The Hall–Kier alpha value is 0.0600. The van der Waals surface area contributed by atoms with Crippen molar-refractivity contribution in [2.24, 2.45) is 11.8 Å². The molecule has 3 aromatic rings. The maximum absolute atomic E-state index is 11.3. The number of aliphatic carboxylic acids is 4. The van der Waals surface area contributed by atoms with Gasteiger partial charge in [0.25, 0.3) is 0 Å². The molecule has 154 valence electrons. The van der Waals surface area contributed by atoms with Crippen LogP contribution in [-0.2, 0) is 32.0 Å². The molecule has 0 unspecified atom stereocenters. The first kappa shape index (κ1) is 36.2. The summed E-state index contributed by atoms with van der Waals surface area (Å²) in [7, 11) is 0. The van der Waals surface area contributed by atoms with Crippen LogP contribution in [0.4, 0.5) is 0 Å². The van der Waals surface area contributed by atoms with E-state index >= 15 is 0 Å². The SMILES string of the molecule is O=C([O-])C(Cc1c2ccccc2c(CC(C(=O)[O-])C(=O)[O-])c2ccccc12)C(=O)[O-].[Na+].[Na+].[Na+].[Na+]. The maximum Gasteiger partial charge on any atom is 1.00 e. The number of hydrogen-bond acceptors (Lipinski definition) is 8. The monoisotopic (exact) mass is 498 g/mol. The molecule has 0 saturated heterocycles. The summed E-state index contributed by atoms with van der Waals surface area (Å²) in [5.74, 6) is -11.0. The molecule has 0 saturated carbocycles. The predicted molar refractivity (Wildman–Crippen MR) is 95.9 cm³/mol. The van der Waals surface area contributed by atoms with Crippen molar-refractivity contribution in [3.8, 4) is 0 Å². The van der Waals surface area contributed by atoms with Crippen LogP contribution in [-0.4, -0.2) is 23.9 Å². The third-order valence-electron chi connectivity index (χ3n) is 5.11. The summed E-state index contributed by atoms with van der Waals surface area (Å²) >= 11 is 0. The van der Waals surface area contributed by atoms with Gasteiger partial charge in [0, 0.05) is 11.8 Å². The minimum Gasteiger partial charge on any atom is -0.549 e. The largest absolute Gasteiger partial charge is 1.00 e. The molecule has 0 N–H and O–H groups in total.